The Morgan fingerprint density at radius 2 is 1.80 bits per heavy atom. The molecule has 0 aliphatic heterocycles. The van der Waals surface area contributed by atoms with Crippen molar-refractivity contribution < 1.29 is 4.74 Å². The van der Waals surface area contributed by atoms with Crippen molar-refractivity contribution in [1.29, 1.82) is 0 Å². The normalized spacial score (nSPS) is 12.9. The molecule has 0 saturated carbocycles. The van der Waals surface area contributed by atoms with Crippen molar-refractivity contribution >= 4 is 0 Å². The lowest BCUT2D eigenvalue weighted by atomic mass is 10.0. The minimum atomic E-state index is 0.295. The fourth-order valence-corrected chi connectivity index (χ4v) is 2.75. The number of hydrogen-bond acceptors (Lipinski definition) is 3. The molecule has 3 nitrogen and oxygen atoms in total. The predicted octanol–water partition coefficient (Wildman–Crippen LogP) is 3.47. The highest BCUT2D eigenvalue weighted by Crippen LogP contribution is 2.26. The van der Waals surface area contributed by atoms with Gasteiger partial charge in [-0.15, -0.1) is 0 Å². The fraction of sp³-hybridized carbons (Fsp3) is 0.647. The van der Waals surface area contributed by atoms with E-state index < -0.39 is 0 Å². The molecule has 0 fully saturated rings. The Hall–Kier alpha value is -1.06. The van der Waals surface area contributed by atoms with Gasteiger partial charge in [-0.05, 0) is 39.9 Å². The van der Waals surface area contributed by atoms with E-state index in [1.807, 2.05) is 20.0 Å². The molecule has 0 aromatic heterocycles. The van der Waals surface area contributed by atoms with Crippen molar-refractivity contribution in [2.45, 2.75) is 45.7 Å². The van der Waals surface area contributed by atoms with E-state index in [9.17, 15) is 0 Å². The van der Waals surface area contributed by atoms with Crippen LogP contribution in [-0.4, -0.2) is 38.2 Å². The number of ether oxygens (including phenoxy) is 1. The van der Waals surface area contributed by atoms with Crippen molar-refractivity contribution in [3.63, 3.8) is 0 Å². The van der Waals surface area contributed by atoms with Crippen LogP contribution in [0.3, 0.4) is 0 Å². The Balaban J connectivity index is 2.85. The van der Waals surface area contributed by atoms with Gasteiger partial charge >= 0.3 is 0 Å². The van der Waals surface area contributed by atoms with Crippen LogP contribution >= 0.6 is 0 Å². The Morgan fingerprint density at radius 1 is 1.15 bits per heavy atom. The smallest absolute Gasteiger partial charge is 0.124 e. The predicted molar refractivity (Wildman–Crippen MR) is 86.4 cm³/mol. The fourth-order valence-electron chi connectivity index (χ4n) is 2.75. The molecule has 0 amide bonds. The first-order valence-electron chi connectivity index (χ1n) is 7.77. The molecule has 0 radical (unpaired) electrons. The second-order valence-corrected chi connectivity index (χ2v) is 5.22. The molecule has 1 N–H and O–H groups in total. The highest BCUT2D eigenvalue weighted by atomic mass is 16.5. The van der Waals surface area contributed by atoms with Gasteiger partial charge in [0.25, 0.3) is 0 Å². The van der Waals surface area contributed by atoms with Crippen LogP contribution in [0.5, 0.6) is 5.75 Å². The number of rotatable bonds is 9. The molecule has 1 unspecified atom stereocenters. The standard InChI is InChI=1S/C17H30N2O/c1-6-14(7-2)19(5)13-16(18-4)15-11-9-10-12-17(15)20-8-3/h9-12,14,16,18H,6-8,13H2,1-5H3. The summed E-state index contributed by atoms with van der Waals surface area (Å²) >= 11 is 0. The van der Waals surface area contributed by atoms with E-state index >= 15 is 0 Å². The van der Waals surface area contributed by atoms with Crippen LogP contribution in [0.15, 0.2) is 24.3 Å². The van der Waals surface area contributed by atoms with Crippen LogP contribution < -0.4 is 10.1 Å². The van der Waals surface area contributed by atoms with Gasteiger partial charge in [0.15, 0.2) is 0 Å². The van der Waals surface area contributed by atoms with Gasteiger partial charge in [0.05, 0.1) is 6.61 Å². The monoisotopic (exact) mass is 278 g/mol. The molecule has 3 heteroatoms. The third kappa shape index (κ3) is 4.50. The maximum Gasteiger partial charge on any atom is 0.124 e. The average Bonchev–Trinajstić information content (AvgIpc) is 2.47. The average molecular weight is 278 g/mol. The zero-order valence-electron chi connectivity index (χ0n) is 13.6. The lowest BCUT2D eigenvalue weighted by molar-refractivity contribution is 0.207. The van der Waals surface area contributed by atoms with Crippen molar-refractivity contribution in [3.05, 3.63) is 29.8 Å². The summed E-state index contributed by atoms with van der Waals surface area (Å²) < 4.78 is 5.76. The molecule has 0 aliphatic carbocycles. The minimum absolute atomic E-state index is 0.295. The highest BCUT2D eigenvalue weighted by Gasteiger charge is 2.19. The summed E-state index contributed by atoms with van der Waals surface area (Å²) in [6.45, 7) is 8.24. The largest absolute Gasteiger partial charge is 0.494 e. The number of hydrogen-bond donors (Lipinski definition) is 1. The van der Waals surface area contributed by atoms with Crippen LogP contribution in [0.2, 0.25) is 0 Å². The molecule has 0 saturated heterocycles. The first-order chi connectivity index (χ1) is 9.67. The summed E-state index contributed by atoms with van der Waals surface area (Å²) in [5, 5.41) is 3.43. The second kappa shape index (κ2) is 8.98. The molecular weight excluding hydrogens is 248 g/mol. The van der Waals surface area contributed by atoms with Crippen molar-refractivity contribution in [3.8, 4) is 5.75 Å². The van der Waals surface area contributed by atoms with Crippen molar-refractivity contribution in [1.82, 2.24) is 10.2 Å². The van der Waals surface area contributed by atoms with Crippen LogP contribution in [0.4, 0.5) is 0 Å². The van der Waals surface area contributed by atoms with Crippen LogP contribution in [0.25, 0.3) is 0 Å². The Bertz CT molecular complexity index is 377. The van der Waals surface area contributed by atoms with E-state index in [1.165, 1.54) is 18.4 Å². The topological polar surface area (TPSA) is 24.5 Å². The Morgan fingerprint density at radius 3 is 2.35 bits per heavy atom. The Kier molecular flexibility index (Phi) is 7.63. The maximum atomic E-state index is 5.76. The third-order valence-corrected chi connectivity index (χ3v) is 3.98. The van der Waals surface area contributed by atoms with Gasteiger partial charge in [0, 0.05) is 24.2 Å². The van der Waals surface area contributed by atoms with Gasteiger partial charge in [-0.1, -0.05) is 32.0 Å². The zero-order valence-corrected chi connectivity index (χ0v) is 13.6. The first-order valence-corrected chi connectivity index (χ1v) is 7.77. The van der Waals surface area contributed by atoms with Crippen molar-refractivity contribution in [2.24, 2.45) is 0 Å². The number of nitrogens with zero attached hydrogens (tertiary/aromatic N) is 1. The maximum absolute atomic E-state index is 5.76. The summed E-state index contributed by atoms with van der Waals surface area (Å²) in [6, 6.07) is 9.27. The van der Waals surface area contributed by atoms with E-state index in [2.05, 4.69) is 49.3 Å². The van der Waals surface area contributed by atoms with Gasteiger partial charge in [-0.25, -0.2) is 0 Å². The molecule has 0 bridgehead atoms. The van der Waals surface area contributed by atoms with Gasteiger partial charge in [0.1, 0.15) is 5.75 Å². The SMILES string of the molecule is CCOc1ccccc1C(CN(C)C(CC)CC)NC. The molecule has 1 aromatic rings. The molecule has 0 spiro atoms. The molecular formula is C17H30N2O. The summed E-state index contributed by atoms with van der Waals surface area (Å²) in [7, 11) is 4.24. The van der Waals surface area contributed by atoms with E-state index in [-0.39, 0.29) is 0 Å². The van der Waals surface area contributed by atoms with Crippen LogP contribution in [0, 0.1) is 0 Å². The zero-order chi connectivity index (χ0) is 15.0. The van der Waals surface area contributed by atoms with Crippen molar-refractivity contribution in [2.75, 3.05) is 27.2 Å². The number of benzene rings is 1. The molecule has 20 heavy (non-hydrogen) atoms. The molecule has 1 aromatic carbocycles. The summed E-state index contributed by atoms with van der Waals surface area (Å²) in [5.41, 5.74) is 1.25. The molecule has 0 aliphatic rings. The summed E-state index contributed by atoms with van der Waals surface area (Å²) in [5.74, 6) is 0.993. The van der Waals surface area contributed by atoms with Gasteiger partial charge < -0.3 is 15.0 Å². The summed E-state index contributed by atoms with van der Waals surface area (Å²) in [4.78, 5) is 2.45. The third-order valence-electron chi connectivity index (χ3n) is 3.98. The van der Waals surface area contributed by atoms with E-state index in [0.29, 0.717) is 18.7 Å². The molecule has 0 heterocycles. The van der Waals surface area contributed by atoms with Gasteiger partial charge in [-0.2, -0.15) is 0 Å². The van der Waals surface area contributed by atoms with E-state index in [0.717, 1.165) is 12.3 Å². The summed E-state index contributed by atoms with van der Waals surface area (Å²) in [6.07, 6.45) is 2.38. The quantitative estimate of drug-likeness (QED) is 0.748. The van der Waals surface area contributed by atoms with E-state index in [1.54, 1.807) is 0 Å². The second-order valence-electron chi connectivity index (χ2n) is 5.22. The molecule has 1 rings (SSSR count). The van der Waals surface area contributed by atoms with Crippen LogP contribution in [0.1, 0.15) is 45.2 Å². The van der Waals surface area contributed by atoms with Gasteiger partial charge in [0.2, 0.25) is 0 Å². The number of likely N-dealkylation sites (N-methyl/N-ethyl adjacent to an activating group) is 2. The minimum Gasteiger partial charge on any atom is -0.494 e. The van der Waals surface area contributed by atoms with Gasteiger partial charge in [-0.3, -0.25) is 0 Å². The molecule has 114 valence electrons. The first kappa shape index (κ1) is 17.0. The van der Waals surface area contributed by atoms with E-state index in [4.69, 9.17) is 4.74 Å². The highest BCUT2D eigenvalue weighted by molar-refractivity contribution is 5.36. The number of nitrogens with one attached hydrogen (secondary N) is 1. The lowest BCUT2D eigenvalue weighted by Gasteiger charge is -2.31. The van der Waals surface area contributed by atoms with Crippen LogP contribution in [-0.2, 0) is 0 Å². The lowest BCUT2D eigenvalue weighted by Crippen LogP contribution is -2.37. The number of para-hydroxylation sites is 1. The molecule has 1 atom stereocenters. The Labute approximate surface area is 124 Å².